The van der Waals surface area contributed by atoms with Gasteiger partial charge in [-0.25, -0.2) is 9.97 Å². The molecule has 0 spiro atoms. The third-order valence-electron chi connectivity index (χ3n) is 4.29. The lowest BCUT2D eigenvalue weighted by molar-refractivity contribution is 0.140. The van der Waals surface area contributed by atoms with Crippen LogP contribution in [-0.4, -0.2) is 40.1 Å². The van der Waals surface area contributed by atoms with Crippen LogP contribution in [0.3, 0.4) is 0 Å². The summed E-state index contributed by atoms with van der Waals surface area (Å²) in [4.78, 5) is 11.7. The maximum atomic E-state index is 6.02. The summed E-state index contributed by atoms with van der Waals surface area (Å²) in [5.41, 5.74) is 3.24. The zero-order valence-electron chi connectivity index (χ0n) is 16.3. The molecule has 0 fully saturated rings. The van der Waals surface area contributed by atoms with Gasteiger partial charge in [0.15, 0.2) is 5.69 Å². The van der Waals surface area contributed by atoms with Gasteiger partial charge >= 0.3 is 0 Å². The number of rotatable bonds is 6. The number of thiophene rings is 1. The van der Waals surface area contributed by atoms with Crippen molar-refractivity contribution in [1.29, 1.82) is 0 Å². The second-order valence-electron chi connectivity index (χ2n) is 6.91. The molecule has 0 bridgehead atoms. The van der Waals surface area contributed by atoms with Crippen molar-refractivity contribution >= 4 is 22.4 Å². The van der Waals surface area contributed by atoms with E-state index < -0.39 is 0 Å². The van der Waals surface area contributed by atoms with E-state index in [2.05, 4.69) is 54.4 Å². The zero-order valence-corrected chi connectivity index (χ0v) is 17.1. The average Bonchev–Trinajstić information content (AvgIpc) is 3.10. The summed E-state index contributed by atoms with van der Waals surface area (Å²) in [6.45, 7) is 10.2. The minimum Gasteiger partial charge on any atom is -0.474 e. The van der Waals surface area contributed by atoms with Gasteiger partial charge in [-0.15, -0.1) is 11.3 Å². The van der Waals surface area contributed by atoms with Crippen LogP contribution in [0.15, 0.2) is 41.1 Å². The first-order valence-electron chi connectivity index (χ1n) is 9.24. The van der Waals surface area contributed by atoms with Crippen LogP contribution in [-0.2, 0) is 0 Å². The molecule has 0 atom stereocenters. The molecule has 5 heteroatoms. The molecule has 0 aliphatic heterocycles. The van der Waals surface area contributed by atoms with E-state index in [4.69, 9.17) is 4.74 Å². The number of fused-ring (bicyclic) bond motifs is 1. The molecule has 2 aromatic heterocycles. The van der Waals surface area contributed by atoms with Gasteiger partial charge in [-0.05, 0) is 45.7 Å². The molecule has 3 aromatic rings. The van der Waals surface area contributed by atoms with Crippen molar-refractivity contribution in [3.8, 4) is 17.7 Å². The summed E-state index contributed by atoms with van der Waals surface area (Å²) in [6, 6.07) is 10.8. The second-order valence-corrected chi connectivity index (χ2v) is 7.65. The van der Waals surface area contributed by atoms with Crippen LogP contribution >= 0.6 is 11.3 Å². The van der Waals surface area contributed by atoms with Crippen LogP contribution in [0.2, 0.25) is 0 Å². The minimum atomic E-state index is 0.469. The summed E-state index contributed by atoms with van der Waals surface area (Å²) in [5, 5.41) is 3.97. The molecule has 0 aliphatic rings. The van der Waals surface area contributed by atoms with Gasteiger partial charge in [-0.2, -0.15) is 0 Å². The number of hydrogen-bond acceptors (Lipinski definition) is 5. The first-order valence-corrected chi connectivity index (χ1v) is 10.2. The third kappa shape index (κ3) is 5.06. The van der Waals surface area contributed by atoms with E-state index in [1.54, 1.807) is 11.3 Å². The van der Waals surface area contributed by atoms with E-state index in [9.17, 15) is 0 Å². The van der Waals surface area contributed by atoms with Gasteiger partial charge in [0.25, 0.3) is 0 Å². The Balaban J connectivity index is 1.82. The normalized spacial score (nSPS) is 11.2. The van der Waals surface area contributed by atoms with Crippen molar-refractivity contribution in [3.05, 3.63) is 52.3 Å². The van der Waals surface area contributed by atoms with Crippen LogP contribution in [0.4, 0.5) is 0 Å². The van der Waals surface area contributed by atoms with Gasteiger partial charge in [-0.1, -0.05) is 24.1 Å². The van der Waals surface area contributed by atoms with Crippen molar-refractivity contribution in [3.63, 3.8) is 0 Å². The monoisotopic (exact) mass is 379 g/mol. The summed E-state index contributed by atoms with van der Waals surface area (Å²) in [7, 11) is 0. The van der Waals surface area contributed by atoms with E-state index in [0.717, 1.165) is 23.1 Å². The molecule has 0 N–H and O–H groups in total. The summed E-state index contributed by atoms with van der Waals surface area (Å²) < 4.78 is 6.02. The fourth-order valence-corrected chi connectivity index (χ4v) is 3.65. The van der Waals surface area contributed by atoms with E-state index in [0.29, 0.717) is 30.3 Å². The molecule has 140 valence electrons. The smallest absolute Gasteiger partial charge is 0.249 e. The SMILES string of the molecule is CC(C)N(CCOc1nc2cscc2nc1C#Cc1ccccc1)C(C)C. The van der Waals surface area contributed by atoms with Crippen LogP contribution in [0.25, 0.3) is 11.0 Å². The maximum Gasteiger partial charge on any atom is 0.249 e. The van der Waals surface area contributed by atoms with E-state index in [1.165, 1.54) is 0 Å². The molecule has 0 amide bonds. The average molecular weight is 380 g/mol. The lowest BCUT2D eigenvalue weighted by atomic mass is 10.2. The Labute approximate surface area is 165 Å². The molecule has 0 radical (unpaired) electrons. The highest BCUT2D eigenvalue weighted by Gasteiger charge is 2.14. The molecule has 0 unspecified atom stereocenters. The molecular formula is C22H25N3OS. The van der Waals surface area contributed by atoms with Gasteiger partial charge in [0.2, 0.25) is 5.88 Å². The summed E-state index contributed by atoms with van der Waals surface area (Å²) in [5.74, 6) is 6.80. The Kier molecular flexibility index (Phi) is 6.44. The Morgan fingerprint density at radius 2 is 1.63 bits per heavy atom. The standard InChI is InChI=1S/C22H25N3OS/c1-16(2)25(17(3)4)12-13-26-22-19(11-10-18-8-6-5-7-9-18)23-20-14-27-15-21(20)24-22/h5-9,14-17H,12-13H2,1-4H3. The molecule has 3 rings (SSSR count). The Morgan fingerprint density at radius 1 is 0.963 bits per heavy atom. The number of ether oxygens (including phenoxy) is 1. The fourth-order valence-electron chi connectivity index (χ4n) is 2.98. The zero-order chi connectivity index (χ0) is 19.2. The molecule has 4 nitrogen and oxygen atoms in total. The number of nitrogens with zero attached hydrogens (tertiary/aromatic N) is 3. The highest BCUT2D eigenvalue weighted by molar-refractivity contribution is 7.09. The van der Waals surface area contributed by atoms with E-state index >= 15 is 0 Å². The predicted octanol–water partition coefficient (Wildman–Crippen LogP) is 4.59. The van der Waals surface area contributed by atoms with Gasteiger partial charge < -0.3 is 4.74 Å². The first kappa shape index (κ1) is 19.3. The molecule has 0 saturated carbocycles. The topological polar surface area (TPSA) is 38.2 Å². The maximum absolute atomic E-state index is 6.02. The van der Waals surface area contributed by atoms with Gasteiger partial charge in [-0.3, -0.25) is 4.90 Å². The Bertz CT molecular complexity index is 930. The largest absolute Gasteiger partial charge is 0.474 e. The minimum absolute atomic E-state index is 0.469. The van der Waals surface area contributed by atoms with Crippen LogP contribution < -0.4 is 4.74 Å². The van der Waals surface area contributed by atoms with Gasteiger partial charge in [0, 0.05) is 35.0 Å². The summed E-state index contributed by atoms with van der Waals surface area (Å²) >= 11 is 1.58. The first-order chi connectivity index (χ1) is 13.0. The van der Waals surface area contributed by atoms with Crippen LogP contribution in [0.5, 0.6) is 5.88 Å². The van der Waals surface area contributed by atoms with Crippen LogP contribution in [0, 0.1) is 11.8 Å². The molecule has 27 heavy (non-hydrogen) atoms. The van der Waals surface area contributed by atoms with Gasteiger partial charge in [0.1, 0.15) is 17.6 Å². The molecule has 1 aromatic carbocycles. The quantitative estimate of drug-likeness (QED) is 0.587. The highest BCUT2D eigenvalue weighted by Crippen LogP contribution is 2.21. The highest BCUT2D eigenvalue weighted by atomic mass is 32.1. The summed E-state index contributed by atoms with van der Waals surface area (Å²) in [6.07, 6.45) is 0. The fraction of sp³-hybridized carbons (Fsp3) is 0.364. The van der Waals surface area contributed by atoms with Gasteiger partial charge in [0.05, 0.1) is 0 Å². The molecular weight excluding hydrogens is 354 g/mol. The molecule has 0 aliphatic carbocycles. The van der Waals surface area contributed by atoms with Crippen molar-refractivity contribution < 1.29 is 4.74 Å². The number of aromatic nitrogens is 2. The number of hydrogen-bond donors (Lipinski definition) is 0. The van der Waals surface area contributed by atoms with Crippen molar-refractivity contribution in [2.75, 3.05) is 13.2 Å². The Hall–Kier alpha value is -2.42. The number of benzene rings is 1. The predicted molar refractivity (Wildman–Crippen MR) is 112 cm³/mol. The molecule has 0 saturated heterocycles. The van der Waals surface area contributed by atoms with E-state index in [1.807, 2.05) is 41.1 Å². The van der Waals surface area contributed by atoms with E-state index in [-0.39, 0.29) is 0 Å². The molecule has 2 heterocycles. The Morgan fingerprint density at radius 3 is 2.30 bits per heavy atom. The van der Waals surface area contributed by atoms with Crippen LogP contribution in [0.1, 0.15) is 39.0 Å². The lowest BCUT2D eigenvalue weighted by Crippen LogP contribution is -2.39. The third-order valence-corrected chi connectivity index (χ3v) is 5.01. The second kappa shape index (κ2) is 8.98. The van der Waals surface area contributed by atoms with Crippen molar-refractivity contribution in [2.45, 2.75) is 39.8 Å². The van der Waals surface area contributed by atoms with Crippen molar-refractivity contribution in [1.82, 2.24) is 14.9 Å². The van der Waals surface area contributed by atoms with Crippen molar-refractivity contribution in [2.24, 2.45) is 0 Å². The lowest BCUT2D eigenvalue weighted by Gasteiger charge is -2.30.